The molecule has 0 bridgehead atoms. The Morgan fingerprint density at radius 1 is 1.04 bits per heavy atom. The van der Waals surface area contributed by atoms with E-state index in [9.17, 15) is 17.2 Å². The maximum atomic E-state index is 13.6. The molecule has 0 saturated heterocycles. The van der Waals surface area contributed by atoms with Gasteiger partial charge in [-0.25, -0.2) is 21.9 Å². The number of aromatic nitrogens is 2. The molecule has 0 fully saturated rings. The highest BCUT2D eigenvalue weighted by Crippen LogP contribution is 2.20. The average molecular weight is 377 g/mol. The Kier molecular flexibility index (Phi) is 5.15. The van der Waals surface area contributed by atoms with Gasteiger partial charge in [-0.2, -0.15) is 5.10 Å². The van der Waals surface area contributed by atoms with Crippen molar-refractivity contribution in [3.63, 3.8) is 0 Å². The van der Waals surface area contributed by atoms with Crippen molar-refractivity contribution in [2.75, 3.05) is 6.54 Å². The van der Waals surface area contributed by atoms with Gasteiger partial charge in [-0.1, -0.05) is 30.3 Å². The van der Waals surface area contributed by atoms with Gasteiger partial charge in [-0.05, 0) is 35.7 Å². The molecule has 136 valence electrons. The molecule has 0 unspecified atom stereocenters. The van der Waals surface area contributed by atoms with Gasteiger partial charge in [0.1, 0.15) is 11.6 Å². The first kappa shape index (κ1) is 18.2. The maximum absolute atomic E-state index is 13.6. The van der Waals surface area contributed by atoms with Gasteiger partial charge in [-0.15, -0.1) is 0 Å². The van der Waals surface area contributed by atoms with Gasteiger partial charge in [0.05, 0.1) is 5.69 Å². The summed E-state index contributed by atoms with van der Waals surface area (Å²) in [6, 6.07) is 12.4. The Morgan fingerprint density at radius 2 is 1.69 bits per heavy atom. The number of hydrogen-bond donors (Lipinski definition) is 1. The van der Waals surface area contributed by atoms with Crippen LogP contribution in [0.15, 0.2) is 59.6 Å². The standard InChI is InChI=1S/C18H17F2N3O2S/c1-23-17(10-11-21-23)14-7-5-13(6-8-14)9-12-22-26(24,25)18-15(19)3-2-4-16(18)20/h2-8,10-11,22H,9,12H2,1H3. The molecule has 3 aromatic rings. The van der Waals surface area contributed by atoms with Crippen molar-refractivity contribution < 1.29 is 17.2 Å². The van der Waals surface area contributed by atoms with Crippen LogP contribution in [0.1, 0.15) is 5.56 Å². The Bertz CT molecular complexity index is 995. The van der Waals surface area contributed by atoms with Crippen molar-refractivity contribution in [2.24, 2.45) is 7.05 Å². The number of hydrogen-bond acceptors (Lipinski definition) is 3. The molecule has 0 spiro atoms. The third-order valence-corrected chi connectivity index (χ3v) is 5.48. The van der Waals surface area contributed by atoms with Gasteiger partial charge < -0.3 is 0 Å². The highest BCUT2D eigenvalue weighted by molar-refractivity contribution is 7.89. The number of aryl methyl sites for hydroxylation is 1. The molecule has 1 aromatic heterocycles. The fraction of sp³-hybridized carbons (Fsp3) is 0.167. The largest absolute Gasteiger partial charge is 0.268 e. The molecule has 8 heteroatoms. The normalized spacial score (nSPS) is 11.7. The minimum absolute atomic E-state index is 0.0289. The zero-order chi connectivity index (χ0) is 18.7. The quantitative estimate of drug-likeness (QED) is 0.718. The Balaban J connectivity index is 1.65. The topological polar surface area (TPSA) is 64.0 Å². The number of nitrogens with zero attached hydrogens (tertiary/aromatic N) is 2. The highest BCUT2D eigenvalue weighted by atomic mass is 32.2. The van der Waals surface area contributed by atoms with Gasteiger partial charge >= 0.3 is 0 Å². The summed E-state index contributed by atoms with van der Waals surface area (Å²) in [5.74, 6) is -2.23. The van der Waals surface area contributed by atoms with Crippen LogP contribution in [0.3, 0.4) is 0 Å². The SMILES string of the molecule is Cn1nccc1-c1ccc(CCNS(=O)(=O)c2c(F)cccc2F)cc1. The van der Waals surface area contributed by atoms with Gasteiger partial charge in [0.15, 0.2) is 4.90 Å². The maximum Gasteiger partial charge on any atom is 0.246 e. The first-order valence-corrected chi connectivity index (χ1v) is 9.38. The molecule has 0 saturated carbocycles. The third kappa shape index (κ3) is 3.81. The van der Waals surface area contributed by atoms with Crippen molar-refractivity contribution in [1.29, 1.82) is 0 Å². The van der Waals surface area contributed by atoms with Gasteiger partial charge in [-0.3, -0.25) is 4.68 Å². The molecule has 5 nitrogen and oxygen atoms in total. The molecule has 26 heavy (non-hydrogen) atoms. The number of benzene rings is 2. The Hall–Kier alpha value is -2.58. The van der Waals surface area contributed by atoms with Gasteiger partial charge in [0.2, 0.25) is 10.0 Å². The van der Waals surface area contributed by atoms with Crippen molar-refractivity contribution in [1.82, 2.24) is 14.5 Å². The van der Waals surface area contributed by atoms with E-state index in [-0.39, 0.29) is 6.54 Å². The van der Waals surface area contributed by atoms with Gasteiger partial charge in [0, 0.05) is 19.8 Å². The molecule has 1 N–H and O–H groups in total. The number of sulfonamides is 1. The second kappa shape index (κ2) is 7.35. The predicted octanol–water partition coefficient (Wildman–Crippen LogP) is 2.89. The molecule has 0 atom stereocenters. The monoisotopic (exact) mass is 377 g/mol. The molecule has 2 aromatic carbocycles. The minimum Gasteiger partial charge on any atom is -0.268 e. The van der Waals surface area contributed by atoms with Crippen LogP contribution in [0.5, 0.6) is 0 Å². The fourth-order valence-corrected chi connectivity index (χ4v) is 3.81. The zero-order valence-electron chi connectivity index (χ0n) is 14.0. The van der Waals surface area contributed by atoms with Crippen molar-refractivity contribution >= 4 is 10.0 Å². The molecule has 1 heterocycles. The van der Waals surface area contributed by atoms with Crippen LogP contribution in [-0.4, -0.2) is 24.7 Å². The molecule has 0 aliphatic carbocycles. The third-order valence-electron chi connectivity index (χ3n) is 3.96. The lowest BCUT2D eigenvalue weighted by atomic mass is 10.1. The van der Waals surface area contributed by atoms with E-state index in [1.165, 1.54) is 0 Å². The molecular weight excluding hydrogens is 360 g/mol. The predicted molar refractivity (Wildman–Crippen MR) is 93.9 cm³/mol. The number of halogens is 2. The van der Waals surface area contributed by atoms with Crippen LogP contribution >= 0.6 is 0 Å². The summed E-state index contributed by atoms with van der Waals surface area (Å²) < 4.78 is 55.5. The summed E-state index contributed by atoms with van der Waals surface area (Å²) in [6.07, 6.45) is 2.10. The van der Waals surface area contributed by atoms with E-state index in [1.54, 1.807) is 10.9 Å². The summed E-state index contributed by atoms with van der Waals surface area (Å²) in [5.41, 5.74) is 2.85. The van der Waals surface area contributed by atoms with Crippen LogP contribution in [0.2, 0.25) is 0 Å². The molecule has 3 rings (SSSR count). The first-order valence-electron chi connectivity index (χ1n) is 7.89. The van der Waals surface area contributed by atoms with E-state index >= 15 is 0 Å². The summed E-state index contributed by atoms with van der Waals surface area (Å²) in [6.45, 7) is 0.0289. The Labute approximate surface area is 150 Å². The summed E-state index contributed by atoms with van der Waals surface area (Å²) in [4.78, 5) is -0.952. The lowest BCUT2D eigenvalue weighted by molar-refractivity contribution is 0.514. The van der Waals surface area contributed by atoms with Crippen LogP contribution in [0, 0.1) is 11.6 Å². The molecule has 0 aliphatic heterocycles. The van der Waals surface area contributed by atoms with E-state index in [4.69, 9.17) is 0 Å². The lowest BCUT2D eigenvalue weighted by Crippen LogP contribution is -2.27. The van der Waals surface area contributed by atoms with Crippen molar-refractivity contribution in [3.05, 3.63) is 71.9 Å². The van der Waals surface area contributed by atoms with Crippen LogP contribution < -0.4 is 4.72 Å². The van der Waals surface area contributed by atoms with E-state index in [2.05, 4.69) is 9.82 Å². The summed E-state index contributed by atoms with van der Waals surface area (Å²) >= 11 is 0. The van der Waals surface area contributed by atoms with Crippen LogP contribution in [0.4, 0.5) is 8.78 Å². The summed E-state index contributed by atoms with van der Waals surface area (Å²) in [5, 5.41) is 4.11. The van der Waals surface area contributed by atoms with E-state index in [0.29, 0.717) is 6.42 Å². The molecule has 0 aliphatic rings. The molecular formula is C18H17F2N3O2S. The summed E-state index contributed by atoms with van der Waals surface area (Å²) in [7, 11) is -2.41. The van der Waals surface area contributed by atoms with E-state index in [1.807, 2.05) is 37.4 Å². The highest BCUT2D eigenvalue weighted by Gasteiger charge is 2.23. The lowest BCUT2D eigenvalue weighted by Gasteiger charge is -2.09. The first-order chi connectivity index (χ1) is 12.4. The van der Waals surface area contributed by atoms with Gasteiger partial charge in [0.25, 0.3) is 0 Å². The van der Waals surface area contributed by atoms with Crippen LogP contribution in [0.25, 0.3) is 11.3 Å². The van der Waals surface area contributed by atoms with E-state index < -0.39 is 26.6 Å². The fourth-order valence-electron chi connectivity index (χ4n) is 2.64. The van der Waals surface area contributed by atoms with Crippen LogP contribution in [-0.2, 0) is 23.5 Å². The Morgan fingerprint density at radius 3 is 2.27 bits per heavy atom. The molecule has 0 amide bonds. The smallest absolute Gasteiger partial charge is 0.246 e. The van der Waals surface area contributed by atoms with Crippen molar-refractivity contribution in [2.45, 2.75) is 11.3 Å². The minimum atomic E-state index is -4.25. The molecule has 0 radical (unpaired) electrons. The number of rotatable bonds is 6. The number of nitrogens with one attached hydrogen (secondary N) is 1. The second-order valence-corrected chi connectivity index (χ2v) is 7.44. The zero-order valence-corrected chi connectivity index (χ0v) is 14.8. The average Bonchev–Trinajstić information content (AvgIpc) is 3.01. The second-order valence-electron chi connectivity index (χ2n) is 5.74. The van der Waals surface area contributed by atoms with E-state index in [0.717, 1.165) is 35.0 Å². The van der Waals surface area contributed by atoms with Crippen molar-refractivity contribution in [3.8, 4) is 11.3 Å².